The van der Waals surface area contributed by atoms with E-state index in [1.165, 1.54) is 55.4 Å². The van der Waals surface area contributed by atoms with Crippen molar-refractivity contribution in [3.05, 3.63) is 40.7 Å². The van der Waals surface area contributed by atoms with Gasteiger partial charge in [-0.2, -0.15) is 0 Å². The number of nitrogens with zero attached hydrogens (tertiary/aromatic N) is 1. The van der Waals surface area contributed by atoms with E-state index in [2.05, 4.69) is 76.6 Å². The fourth-order valence-electron chi connectivity index (χ4n) is 5.78. The van der Waals surface area contributed by atoms with Crippen LogP contribution in [0.2, 0.25) is 0 Å². The van der Waals surface area contributed by atoms with Gasteiger partial charge in [0.15, 0.2) is 0 Å². The van der Waals surface area contributed by atoms with Crippen LogP contribution in [0, 0.1) is 29.6 Å². The third kappa shape index (κ3) is 6.13. The van der Waals surface area contributed by atoms with E-state index in [-0.39, 0.29) is 22.8 Å². The molecule has 1 atom stereocenters. The van der Waals surface area contributed by atoms with Crippen LogP contribution >= 0.6 is 0 Å². The molecule has 2 heterocycles. The molecular formula is C31H48N2O2. The molecule has 1 amide bonds. The van der Waals surface area contributed by atoms with E-state index in [0.29, 0.717) is 25.0 Å². The van der Waals surface area contributed by atoms with Crippen molar-refractivity contribution in [3.8, 4) is 0 Å². The van der Waals surface area contributed by atoms with E-state index in [4.69, 9.17) is 4.74 Å². The first-order chi connectivity index (χ1) is 16.4. The standard InChI is InChI=1S/C31H48N2O2/c1-21-27(29(34)32-26-19-35-20-26)17-28(33(21)18-22-12-10-8-9-11-13-22)23-14-24(30(2,3)4)16-25(15-23)31(5,6)7/h14-15,17,22,24,26H,8-13,16,18-20H2,1-7H3,(H,32,34). The van der Waals surface area contributed by atoms with Crippen LogP contribution in [-0.4, -0.2) is 29.7 Å². The van der Waals surface area contributed by atoms with Crippen LogP contribution in [-0.2, 0) is 11.3 Å². The molecule has 1 aliphatic heterocycles. The summed E-state index contributed by atoms with van der Waals surface area (Å²) in [7, 11) is 0. The molecular weight excluding hydrogens is 432 g/mol. The van der Waals surface area contributed by atoms with Gasteiger partial charge in [0.1, 0.15) is 0 Å². The zero-order chi connectivity index (χ0) is 25.4. The minimum Gasteiger partial charge on any atom is -0.377 e. The van der Waals surface area contributed by atoms with Crippen LogP contribution in [0.4, 0.5) is 0 Å². The van der Waals surface area contributed by atoms with E-state index >= 15 is 0 Å². The zero-order valence-electron chi connectivity index (χ0n) is 23.3. The largest absolute Gasteiger partial charge is 0.377 e. The first-order valence-electron chi connectivity index (χ1n) is 14.0. The van der Waals surface area contributed by atoms with E-state index in [1.54, 1.807) is 0 Å². The summed E-state index contributed by atoms with van der Waals surface area (Å²) in [6, 6.07) is 2.32. The third-order valence-corrected chi connectivity index (χ3v) is 8.52. The molecule has 4 rings (SSSR count). The van der Waals surface area contributed by atoms with Gasteiger partial charge in [-0.25, -0.2) is 0 Å². The predicted octanol–water partition coefficient (Wildman–Crippen LogP) is 7.32. The molecule has 194 valence electrons. The van der Waals surface area contributed by atoms with Crippen LogP contribution < -0.4 is 5.32 Å². The Morgan fingerprint density at radius 1 is 1.06 bits per heavy atom. The molecule has 0 radical (unpaired) electrons. The lowest BCUT2D eigenvalue weighted by molar-refractivity contribution is -0.00347. The lowest BCUT2D eigenvalue weighted by Gasteiger charge is -2.36. The molecule has 1 saturated heterocycles. The van der Waals surface area contributed by atoms with Gasteiger partial charge in [0.25, 0.3) is 5.91 Å². The second-order valence-corrected chi connectivity index (χ2v) is 13.4. The number of hydrogen-bond donors (Lipinski definition) is 1. The summed E-state index contributed by atoms with van der Waals surface area (Å²) in [6.45, 7) is 18.5. The van der Waals surface area contributed by atoms with Gasteiger partial charge in [-0.3, -0.25) is 4.79 Å². The highest BCUT2D eigenvalue weighted by Crippen LogP contribution is 2.44. The zero-order valence-corrected chi connectivity index (χ0v) is 23.3. The van der Waals surface area contributed by atoms with Crippen LogP contribution in [0.3, 0.4) is 0 Å². The fourth-order valence-corrected chi connectivity index (χ4v) is 5.78. The van der Waals surface area contributed by atoms with Crippen molar-refractivity contribution in [3.63, 3.8) is 0 Å². The average molecular weight is 481 g/mol. The highest BCUT2D eigenvalue weighted by atomic mass is 16.5. The maximum absolute atomic E-state index is 13.3. The normalized spacial score (nSPS) is 22.8. The summed E-state index contributed by atoms with van der Waals surface area (Å²) in [5, 5.41) is 3.18. The highest BCUT2D eigenvalue weighted by Gasteiger charge is 2.33. The van der Waals surface area contributed by atoms with Gasteiger partial charge in [0.2, 0.25) is 0 Å². The second kappa shape index (κ2) is 10.3. The van der Waals surface area contributed by atoms with Crippen molar-refractivity contribution in [1.29, 1.82) is 0 Å². The summed E-state index contributed by atoms with van der Waals surface area (Å²) in [4.78, 5) is 13.3. The topological polar surface area (TPSA) is 43.3 Å². The second-order valence-electron chi connectivity index (χ2n) is 13.4. The SMILES string of the molecule is Cc1c(C(=O)NC2COC2)cc(C2=CC(C(C)(C)C)CC(C(C)(C)C)=C2)n1CC1CCCCCC1. The van der Waals surface area contributed by atoms with Crippen molar-refractivity contribution in [2.45, 2.75) is 106 Å². The Bertz CT molecular complexity index is 971. The Hall–Kier alpha value is -1.81. The van der Waals surface area contributed by atoms with Crippen molar-refractivity contribution in [2.75, 3.05) is 13.2 Å². The van der Waals surface area contributed by atoms with E-state index < -0.39 is 0 Å². The van der Waals surface area contributed by atoms with Gasteiger partial charge in [-0.05, 0) is 60.5 Å². The number of aromatic nitrogens is 1. The number of hydrogen-bond acceptors (Lipinski definition) is 2. The van der Waals surface area contributed by atoms with Crippen LogP contribution in [0.5, 0.6) is 0 Å². The van der Waals surface area contributed by atoms with Crippen molar-refractivity contribution in [1.82, 2.24) is 9.88 Å². The highest BCUT2D eigenvalue weighted by molar-refractivity contribution is 5.97. The van der Waals surface area contributed by atoms with Gasteiger partial charge in [-0.1, -0.05) is 85.0 Å². The molecule has 1 aromatic rings. The summed E-state index contributed by atoms with van der Waals surface area (Å²) >= 11 is 0. The number of ether oxygens (including phenoxy) is 1. The average Bonchev–Trinajstić information content (AvgIpc) is 2.90. The number of rotatable bonds is 5. The number of carbonyl (C=O) groups excluding carboxylic acids is 1. The molecule has 3 aliphatic rings. The van der Waals surface area contributed by atoms with Crippen molar-refractivity contribution < 1.29 is 9.53 Å². The van der Waals surface area contributed by atoms with Crippen LogP contribution in [0.1, 0.15) is 108 Å². The molecule has 35 heavy (non-hydrogen) atoms. The van der Waals surface area contributed by atoms with Crippen molar-refractivity contribution >= 4 is 11.5 Å². The number of amides is 1. The molecule has 1 unspecified atom stereocenters. The summed E-state index contributed by atoms with van der Waals surface area (Å²) < 4.78 is 7.77. The smallest absolute Gasteiger partial charge is 0.253 e. The Kier molecular flexibility index (Phi) is 7.71. The molecule has 1 N–H and O–H groups in total. The minimum atomic E-state index is 0.0421. The first-order valence-corrected chi connectivity index (χ1v) is 14.0. The predicted molar refractivity (Wildman–Crippen MR) is 146 cm³/mol. The molecule has 1 saturated carbocycles. The van der Waals surface area contributed by atoms with E-state index in [0.717, 1.165) is 24.2 Å². The number of nitrogens with one attached hydrogen (secondary N) is 1. The van der Waals surface area contributed by atoms with Gasteiger partial charge in [0.05, 0.1) is 24.8 Å². The molecule has 0 bridgehead atoms. The Morgan fingerprint density at radius 2 is 1.71 bits per heavy atom. The Labute approximate surface area is 213 Å². The molecule has 0 aromatic carbocycles. The minimum absolute atomic E-state index is 0.0421. The van der Waals surface area contributed by atoms with Gasteiger partial charge < -0.3 is 14.6 Å². The summed E-state index contributed by atoms with van der Waals surface area (Å²) in [6.07, 6.45) is 14.0. The van der Waals surface area contributed by atoms with Gasteiger partial charge in [-0.15, -0.1) is 0 Å². The van der Waals surface area contributed by atoms with Gasteiger partial charge >= 0.3 is 0 Å². The maximum atomic E-state index is 13.3. The lowest BCUT2D eigenvalue weighted by atomic mass is 9.69. The number of carbonyl (C=O) groups is 1. The van der Waals surface area contributed by atoms with E-state index in [1.807, 2.05) is 0 Å². The Morgan fingerprint density at radius 3 is 2.26 bits per heavy atom. The molecule has 4 nitrogen and oxygen atoms in total. The molecule has 2 aliphatic carbocycles. The van der Waals surface area contributed by atoms with Crippen molar-refractivity contribution in [2.24, 2.45) is 22.7 Å². The maximum Gasteiger partial charge on any atom is 0.253 e. The summed E-state index contributed by atoms with van der Waals surface area (Å²) in [5.41, 5.74) is 6.26. The Balaban J connectivity index is 1.76. The summed E-state index contributed by atoms with van der Waals surface area (Å²) in [5.74, 6) is 1.20. The first kappa shape index (κ1) is 26.3. The molecule has 0 spiro atoms. The third-order valence-electron chi connectivity index (χ3n) is 8.52. The quantitative estimate of drug-likeness (QED) is 0.449. The molecule has 4 heteroatoms. The van der Waals surface area contributed by atoms with Gasteiger partial charge in [0, 0.05) is 17.9 Å². The number of allylic oxidation sites excluding steroid dienone is 4. The molecule has 2 fully saturated rings. The monoisotopic (exact) mass is 480 g/mol. The lowest BCUT2D eigenvalue weighted by Crippen LogP contribution is -2.48. The van der Waals surface area contributed by atoms with E-state index in [9.17, 15) is 4.79 Å². The van der Waals surface area contributed by atoms with Crippen LogP contribution in [0.15, 0.2) is 23.8 Å². The molecule has 1 aromatic heterocycles. The van der Waals surface area contributed by atoms with Crippen LogP contribution in [0.25, 0.3) is 5.57 Å². The fraction of sp³-hybridized carbons (Fsp3) is 0.710.